The van der Waals surface area contributed by atoms with Crippen LogP contribution in [0.25, 0.3) is 6.08 Å². The van der Waals surface area contributed by atoms with Gasteiger partial charge in [0.2, 0.25) is 0 Å². The Morgan fingerprint density at radius 1 is 1.10 bits per heavy atom. The largest absolute Gasteiger partial charge is 0.489 e. The van der Waals surface area contributed by atoms with Gasteiger partial charge in [-0.05, 0) is 61.4 Å². The highest BCUT2D eigenvalue weighted by atomic mass is 35.5. The van der Waals surface area contributed by atoms with Gasteiger partial charge in [0.1, 0.15) is 17.9 Å². The summed E-state index contributed by atoms with van der Waals surface area (Å²) in [7, 11) is 0. The van der Waals surface area contributed by atoms with Crippen LogP contribution in [0.1, 0.15) is 16.7 Å². The third-order valence-corrected chi connectivity index (χ3v) is 4.71. The fourth-order valence-corrected chi connectivity index (χ4v) is 3.00. The predicted molar refractivity (Wildman–Crippen MR) is 112 cm³/mol. The van der Waals surface area contributed by atoms with Gasteiger partial charge in [0.05, 0.1) is 5.69 Å². The second-order valence-electron chi connectivity index (χ2n) is 6.51. The maximum atomic E-state index is 13.0. The topological polar surface area (TPSA) is 75.7 Å². The summed E-state index contributed by atoms with van der Waals surface area (Å²) in [6, 6.07) is 9.23. The van der Waals surface area contributed by atoms with Gasteiger partial charge in [-0.3, -0.25) is 14.9 Å². The normalized spacial score (nSPS) is 15.5. The Kier molecular flexibility index (Phi) is 5.84. The fourth-order valence-electron chi connectivity index (χ4n) is 2.82. The van der Waals surface area contributed by atoms with Gasteiger partial charge in [-0.2, -0.15) is 0 Å². The number of ether oxygens (including phenoxy) is 1. The molecule has 1 aliphatic heterocycles. The Bertz CT molecular complexity index is 1060. The molecule has 29 heavy (non-hydrogen) atoms. The van der Waals surface area contributed by atoms with Crippen LogP contribution < -0.4 is 15.0 Å². The van der Waals surface area contributed by atoms with Crippen LogP contribution in [0.5, 0.6) is 5.75 Å². The van der Waals surface area contributed by atoms with Crippen molar-refractivity contribution in [3.8, 4) is 5.75 Å². The lowest BCUT2D eigenvalue weighted by atomic mass is 10.0. The van der Waals surface area contributed by atoms with Gasteiger partial charge in [-0.1, -0.05) is 30.3 Å². The maximum absolute atomic E-state index is 13.0. The second-order valence-corrected chi connectivity index (χ2v) is 6.94. The molecule has 6 nitrogen and oxygen atoms in total. The maximum Gasteiger partial charge on any atom is 0.335 e. The van der Waals surface area contributed by atoms with E-state index >= 15 is 0 Å². The summed E-state index contributed by atoms with van der Waals surface area (Å²) in [5, 5.41) is 2.62. The van der Waals surface area contributed by atoms with Crippen LogP contribution in [0.3, 0.4) is 0 Å². The Labute approximate surface area is 173 Å². The molecule has 0 atom stereocenters. The molecular weight excluding hydrogens is 392 g/mol. The first-order valence-electron chi connectivity index (χ1n) is 8.83. The Hall–Kier alpha value is -3.38. The molecule has 1 aliphatic rings. The molecule has 0 saturated carbocycles. The molecule has 1 N–H and O–H groups in total. The van der Waals surface area contributed by atoms with E-state index in [-0.39, 0.29) is 12.2 Å². The van der Waals surface area contributed by atoms with Gasteiger partial charge >= 0.3 is 6.03 Å². The number of halogens is 1. The van der Waals surface area contributed by atoms with Crippen LogP contribution in [-0.2, 0) is 9.59 Å². The number of hydrogen-bond acceptors (Lipinski definition) is 4. The molecule has 1 saturated heterocycles. The third-order valence-electron chi connectivity index (χ3n) is 4.48. The number of anilines is 1. The molecule has 0 aromatic heterocycles. The third kappa shape index (κ3) is 4.22. The zero-order valence-corrected chi connectivity index (χ0v) is 16.7. The number of nitrogens with zero attached hydrogens (tertiary/aromatic N) is 1. The van der Waals surface area contributed by atoms with Crippen LogP contribution in [0.15, 0.2) is 54.6 Å². The highest BCUT2D eigenvalue weighted by Crippen LogP contribution is 2.28. The van der Waals surface area contributed by atoms with Crippen molar-refractivity contribution >= 4 is 41.2 Å². The summed E-state index contributed by atoms with van der Waals surface area (Å²) < 4.78 is 5.57. The summed E-state index contributed by atoms with van der Waals surface area (Å²) in [6.07, 6.45) is 2.94. The number of imide groups is 2. The molecule has 3 rings (SSSR count). The van der Waals surface area contributed by atoms with Crippen LogP contribution in [0.2, 0.25) is 5.02 Å². The number of barbiturate groups is 1. The average Bonchev–Trinajstić information content (AvgIpc) is 2.67. The monoisotopic (exact) mass is 410 g/mol. The van der Waals surface area contributed by atoms with E-state index in [1.807, 2.05) is 19.9 Å². The van der Waals surface area contributed by atoms with Crippen molar-refractivity contribution in [2.45, 2.75) is 13.8 Å². The van der Waals surface area contributed by atoms with Crippen molar-refractivity contribution in [3.05, 3.63) is 76.3 Å². The zero-order valence-electron chi connectivity index (χ0n) is 16.0. The quantitative estimate of drug-likeness (QED) is 0.455. The van der Waals surface area contributed by atoms with Crippen molar-refractivity contribution in [1.82, 2.24) is 5.32 Å². The van der Waals surface area contributed by atoms with E-state index in [4.69, 9.17) is 16.3 Å². The molecule has 0 aliphatic carbocycles. The number of amides is 4. The van der Waals surface area contributed by atoms with Crippen molar-refractivity contribution in [2.75, 3.05) is 11.5 Å². The van der Waals surface area contributed by atoms with E-state index in [0.29, 0.717) is 22.0 Å². The molecule has 2 aromatic rings. The average molecular weight is 411 g/mol. The summed E-state index contributed by atoms with van der Waals surface area (Å²) in [5.74, 6) is -1.08. The molecule has 2 aromatic carbocycles. The van der Waals surface area contributed by atoms with Gasteiger partial charge in [-0.15, -0.1) is 0 Å². The van der Waals surface area contributed by atoms with E-state index < -0.39 is 17.8 Å². The lowest BCUT2D eigenvalue weighted by molar-refractivity contribution is -0.122. The van der Waals surface area contributed by atoms with Crippen LogP contribution in [0.4, 0.5) is 10.5 Å². The minimum Gasteiger partial charge on any atom is -0.489 e. The van der Waals surface area contributed by atoms with E-state index in [0.717, 1.165) is 16.0 Å². The van der Waals surface area contributed by atoms with Gasteiger partial charge < -0.3 is 4.74 Å². The molecule has 0 unspecified atom stereocenters. The summed E-state index contributed by atoms with van der Waals surface area (Å²) in [5.41, 5.74) is 2.55. The highest BCUT2D eigenvalue weighted by Gasteiger charge is 2.37. The first-order valence-corrected chi connectivity index (χ1v) is 9.21. The number of rotatable bonds is 5. The molecule has 148 valence electrons. The molecule has 7 heteroatoms. The summed E-state index contributed by atoms with van der Waals surface area (Å²) in [4.78, 5) is 38.7. The van der Waals surface area contributed by atoms with Gasteiger partial charge in [0.15, 0.2) is 0 Å². The van der Waals surface area contributed by atoms with E-state index in [2.05, 4.69) is 11.9 Å². The zero-order chi connectivity index (χ0) is 21.1. The molecular formula is C22H19ClN2O4. The molecule has 0 bridgehead atoms. The number of carbonyl (C=O) groups is 3. The number of benzene rings is 2. The number of nitrogens with one attached hydrogen (secondary N) is 1. The van der Waals surface area contributed by atoms with E-state index in [9.17, 15) is 14.4 Å². The minimum atomic E-state index is -0.797. The van der Waals surface area contributed by atoms with Crippen LogP contribution in [0, 0.1) is 13.8 Å². The molecule has 1 heterocycles. The van der Waals surface area contributed by atoms with Gasteiger partial charge in [0, 0.05) is 10.6 Å². The van der Waals surface area contributed by atoms with Crippen LogP contribution in [-0.4, -0.2) is 24.5 Å². The first-order chi connectivity index (χ1) is 13.8. The lowest BCUT2D eigenvalue weighted by Crippen LogP contribution is -2.54. The Morgan fingerprint density at radius 2 is 1.86 bits per heavy atom. The van der Waals surface area contributed by atoms with Gasteiger partial charge in [0.25, 0.3) is 11.8 Å². The number of aryl methyl sites for hydroxylation is 2. The number of urea groups is 1. The molecule has 1 fully saturated rings. The van der Waals surface area contributed by atoms with Crippen molar-refractivity contribution in [3.63, 3.8) is 0 Å². The standard InChI is InChI=1S/C22H19ClN2O4/c1-4-9-29-19-8-6-16(23)11-15(19)12-18-20(26)24-22(28)25(21(18)27)17-7-5-13(2)14(3)10-17/h4-8,10-12H,1,9H2,2-3H3,(H,24,26,28)/b18-12+. The Balaban J connectivity index is 2.05. The van der Waals surface area contributed by atoms with Crippen LogP contribution >= 0.6 is 11.6 Å². The summed E-state index contributed by atoms with van der Waals surface area (Å²) in [6.45, 7) is 7.64. The number of carbonyl (C=O) groups excluding carboxylic acids is 3. The SMILES string of the molecule is C=CCOc1ccc(Cl)cc1/C=C1\C(=O)NC(=O)N(c2ccc(C)c(C)c2)C1=O. The molecule has 4 amide bonds. The first kappa shape index (κ1) is 20.4. The molecule has 0 radical (unpaired) electrons. The highest BCUT2D eigenvalue weighted by molar-refractivity contribution is 6.39. The van der Waals surface area contributed by atoms with Gasteiger partial charge in [-0.25, -0.2) is 9.69 Å². The van der Waals surface area contributed by atoms with E-state index in [1.165, 1.54) is 6.08 Å². The summed E-state index contributed by atoms with van der Waals surface area (Å²) >= 11 is 6.07. The fraction of sp³-hybridized carbons (Fsp3) is 0.136. The van der Waals surface area contributed by atoms with Crippen molar-refractivity contribution < 1.29 is 19.1 Å². The Morgan fingerprint density at radius 3 is 2.55 bits per heavy atom. The minimum absolute atomic E-state index is 0.200. The van der Waals surface area contributed by atoms with Crippen molar-refractivity contribution in [2.24, 2.45) is 0 Å². The van der Waals surface area contributed by atoms with E-state index in [1.54, 1.807) is 36.4 Å². The number of hydrogen-bond donors (Lipinski definition) is 1. The lowest BCUT2D eigenvalue weighted by Gasteiger charge is -2.27. The molecule has 0 spiro atoms. The predicted octanol–water partition coefficient (Wildman–Crippen LogP) is 4.19. The second kappa shape index (κ2) is 8.32. The van der Waals surface area contributed by atoms with Crippen molar-refractivity contribution in [1.29, 1.82) is 0 Å². The smallest absolute Gasteiger partial charge is 0.335 e.